The van der Waals surface area contributed by atoms with Crippen molar-refractivity contribution in [2.75, 3.05) is 25.5 Å². The van der Waals surface area contributed by atoms with Gasteiger partial charge in [-0.1, -0.05) is 11.6 Å². The highest BCUT2D eigenvalue weighted by molar-refractivity contribution is 7.80. The van der Waals surface area contributed by atoms with E-state index < -0.39 is 18.7 Å². The van der Waals surface area contributed by atoms with E-state index in [1.165, 1.54) is 12.0 Å². The maximum absolute atomic E-state index is 13.5. The summed E-state index contributed by atoms with van der Waals surface area (Å²) in [6.45, 7) is -0.242. The second-order valence-electron chi connectivity index (χ2n) is 7.57. The van der Waals surface area contributed by atoms with E-state index in [9.17, 15) is 13.9 Å². The maximum atomic E-state index is 13.5. The number of pyridine rings is 1. The van der Waals surface area contributed by atoms with Crippen LogP contribution in [0.1, 0.15) is 18.2 Å². The van der Waals surface area contributed by atoms with Crippen molar-refractivity contribution in [3.8, 4) is 17.2 Å². The van der Waals surface area contributed by atoms with Gasteiger partial charge in [-0.25, -0.2) is 8.78 Å². The minimum absolute atomic E-state index is 0.178. The van der Waals surface area contributed by atoms with Crippen LogP contribution in [0.3, 0.4) is 0 Å². The highest BCUT2D eigenvalue weighted by Crippen LogP contribution is 2.36. The van der Waals surface area contributed by atoms with E-state index in [0.717, 1.165) is 0 Å². The number of nitrogens with zero attached hydrogens (tertiary/aromatic N) is 2. The number of nitrogens with two attached hydrogens (primary N) is 1. The van der Waals surface area contributed by atoms with Crippen molar-refractivity contribution in [1.29, 1.82) is 0 Å². The summed E-state index contributed by atoms with van der Waals surface area (Å²) in [5, 5.41) is 13.9. The molecule has 1 aromatic heterocycles. The zero-order chi connectivity index (χ0) is 23.8. The van der Waals surface area contributed by atoms with Crippen LogP contribution in [-0.4, -0.2) is 46.2 Å². The van der Waals surface area contributed by atoms with E-state index in [-0.39, 0.29) is 18.1 Å². The minimum atomic E-state index is -2.75. The summed E-state index contributed by atoms with van der Waals surface area (Å²) in [5.41, 5.74) is 7.11. The number of ether oxygens (including phenoxy) is 2. The number of hydrogen-bond acceptors (Lipinski definition) is 6. The average molecular weight is 495 g/mol. The van der Waals surface area contributed by atoms with E-state index in [1.54, 1.807) is 42.6 Å². The molecule has 0 saturated carbocycles. The van der Waals surface area contributed by atoms with Gasteiger partial charge >= 0.3 is 0 Å². The Kier molecular flexibility index (Phi) is 6.53. The molecule has 0 aliphatic carbocycles. The lowest BCUT2D eigenvalue weighted by atomic mass is 10.1. The molecule has 3 aromatic rings. The van der Waals surface area contributed by atoms with Crippen LogP contribution in [-0.2, 0) is 0 Å². The monoisotopic (exact) mass is 494 g/mol. The van der Waals surface area contributed by atoms with Gasteiger partial charge in [0.15, 0.2) is 5.11 Å². The number of rotatable bonds is 5. The highest BCUT2D eigenvalue weighted by atomic mass is 35.5. The number of nitrogens with one attached hydrogen (secondary N) is 1. The number of halogens is 3. The van der Waals surface area contributed by atoms with Crippen molar-refractivity contribution in [3.05, 3.63) is 53.2 Å². The molecule has 1 aliphatic rings. The standard InChI is InChI=1S/C22H21ClF2N4O3S/c1-31-19-10-17-13(9-14(19)20(26)30)18(4-6-27-17)32-12-2-3-16(15(23)8-12)28-21(33)29-7-5-22(24,25)11-29/h2-4,6,8-10,20,30H,5,7,11,26H2,1H3,(H,28,33). The van der Waals surface area contributed by atoms with Gasteiger partial charge in [0.2, 0.25) is 0 Å². The van der Waals surface area contributed by atoms with Crippen LogP contribution >= 0.6 is 23.8 Å². The van der Waals surface area contributed by atoms with Crippen LogP contribution in [0.4, 0.5) is 14.5 Å². The number of aliphatic hydroxyl groups excluding tert-OH is 1. The van der Waals surface area contributed by atoms with Gasteiger partial charge in [-0.15, -0.1) is 0 Å². The predicted molar refractivity (Wildman–Crippen MR) is 126 cm³/mol. The van der Waals surface area contributed by atoms with Gasteiger partial charge in [-0.05, 0) is 36.5 Å². The van der Waals surface area contributed by atoms with Crippen molar-refractivity contribution < 1.29 is 23.4 Å². The number of anilines is 1. The Balaban J connectivity index is 1.56. The van der Waals surface area contributed by atoms with Crippen molar-refractivity contribution in [1.82, 2.24) is 9.88 Å². The second-order valence-corrected chi connectivity index (χ2v) is 8.36. The molecule has 1 aliphatic heterocycles. The van der Waals surface area contributed by atoms with Gasteiger partial charge in [0.25, 0.3) is 5.92 Å². The zero-order valence-electron chi connectivity index (χ0n) is 17.5. The Hall–Kier alpha value is -2.79. The van der Waals surface area contributed by atoms with Crippen molar-refractivity contribution >= 4 is 45.5 Å². The van der Waals surface area contributed by atoms with Crippen molar-refractivity contribution in [2.45, 2.75) is 18.6 Å². The summed E-state index contributed by atoms with van der Waals surface area (Å²) >= 11 is 11.6. The molecular formula is C22H21ClF2N4O3S. The number of thiocarbonyl (C=S) groups is 1. The number of alkyl halides is 2. The van der Waals surface area contributed by atoms with E-state index in [4.69, 9.17) is 39.0 Å². The third kappa shape index (κ3) is 5.09. The summed E-state index contributed by atoms with van der Waals surface area (Å²) in [7, 11) is 1.48. The lowest BCUT2D eigenvalue weighted by Gasteiger charge is -2.21. The topological polar surface area (TPSA) is 92.9 Å². The van der Waals surface area contributed by atoms with Crippen molar-refractivity contribution in [2.24, 2.45) is 5.73 Å². The first-order chi connectivity index (χ1) is 15.7. The molecule has 0 bridgehead atoms. The summed E-state index contributed by atoms with van der Waals surface area (Å²) in [4.78, 5) is 5.73. The number of aromatic nitrogens is 1. The Morgan fingerprint density at radius 2 is 2.09 bits per heavy atom. The molecule has 0 amide bonds. The van der Waals surface area contributed by atoms with Gasteiger partial charge < -0.3 is 30.5 Å². The first-order valence-electron chi connectivity index (χ1n) is 9.98. The molecule has 1 fully saturated rings. The zero-order valence-corrected chi connectivity index (χ0v) is 19.1. The molecule has 2 aromatic carbocycles. The van der Waals surface area contributed by atoms with Crippen LogP contribution in [0.5, 0.6) is 17.2 Å². The number of benzene rings is 2. The van der Waals surface area contributed by atoms with Gasteiger partial charge in [0, 0.05) is 42.2 Å². The molecule has 11 heteroatoms. The molecule has 4 rings (SSSR count). The lowest BCUT2D eigenvalue weighted by Crippen LogP contribution is -2.34. The van der Waals surface area contributed by atoms with Crippen LogP contribution in [0.25, 0.3) is 10.9 Å². The Bertz CT molecular complexity index is 1210. The first-order valence-corrected chi connectivity index (χ1v) is 10.8. The molecule has 1 atom stereocenters. The highest BCUT2D eigenvalue weighted by Gasteiger charge is 2.39. The summed E-state index contributed by atoms with van der Waals surface area (Å²) in [6.07, 6.45) is 0.109. The Morgan fingerprint density at radius 1 is 1.30 bits per heavy atom. The SMILES string of the molecule is COc1cc2nccc(Oc3ccc(NC(=S)N4CCC(F)(F)C4)c(Cl)c3)c2cc1C(N)O. The van der Waals surface area contributed by atoms with Gasteiger partial charge in [-0.3, -0.25) is 4.98 Å². The minimum Gasteiger partial charge on any atom is -0.496 e. The molecule has 4 N–H and O–H groups in total. The summed E-state index contributed by atoms with van der Waals surface area (Å²) in [6, 6.07) is 9.90. The molecule has 33 heavy (non-hydrogen) atoms. The first kappa shape index (κ1) is 23.4. The predicted octanol–water partition coefficient (Wildman–Crippen LogP) is 4.68. The number of aliphatic hydroxyl groups is 1. The van der Waals surface area contributed by atoms with E-state index in [1.807, 2.05) is 0 Å². The summed E-state index contributed by atoms with van der Waals surface area (Å²) < 4.78 is 38.2. The van der Waals surface area contributed by atoms with E-state index in [2.05, 4.69) is 10.3 Å². The van der Waals surface area contributed by atoms with E-state index >= 15 is 0 Å². The normalized spacial score (nSPS) is 16.0. The molecule has 0 spiro atoms. The summed E-state index contributed by atoms with van der Waals surface area (Å²) in [5.74, 6) is -1.43. The van der Waals surface area contributed by atoms with Gasteiger partial charge in [0.1, 0.15) is 23.5 Å². The molecule has 2 heterocycles. The molecule has 7 nitrogen and oxygen atoms in total. The molecule has 0 radical (unpaired) electrons. The van der Waals surface area contributed by atoms with Crippen LogP contribution in [0.2, 0.25) is 5.02 Å². The largest absolute Gasteiger partial charge is 0.496 e. The van der Waals surface area contributed by atoms with Crippen LogP contribution in [0.15, 0.2) is 42.6 Å². The Morgan fingerprint density at radius 3 is 2.73 bits per heavy atom. The lowest BCUT2D eigenvalue weighted by molar-refractivity contribution is 0.0177. The molecular weight excluding hydrogens is 474 g/mol. The van der Waals surface area contributed by atoms with Gasteiger partial charge in [0.05, 0.1) is 29.9 Å². The number of likely N-dealkylation sites (tertiary alicyclic amines) is 1. The second kappa shape index (κ2) is 9.22. The van der Waals surface area contributed by atoms with E-state index in [0.29, 0.717) is 44.4 Å². The average Bonchev–Trinajstić information content (AvgIpc) is 3.14. The third-order valence-electron chi connectivity index (χ3n) is 5.24. The number of hydrogen-bond donors (Lipinski definition) is 3. The maximum Gasteiger partial charge on any atom is 0.267 e. The fourth-order valence-electron chi connectivity index (χ4n) is 3.55. The number of methoxy groups -OCH3 is 1. The van der Waals surface area contributed by atoms with Crippen LogP contribution < -0.4 is 20.5 Å². The molecule has 174 valence electrons. The Labute approximate surface area is 199 Å². The van der Waals surface area contributed by atoms with Gasteiger partial charge in [-0.2, -0.15) is 0 Å². The smallest absolute Gasteiger partial charge is 0.267 e. The number of fused-ring (bicyclic) bond motifs is 1. The molecule has 1 saturated heterocycles. The quantitative estimate of drug-likeness (QED) is 0.348. The van der Waals surface area contributed by atoms with Crippen molar-refractivity contribution in [3.63, 3.8) is 0 Å². The fourth-order valence-corrected chi connectivity index (χ4v) is 4.04. The third-order valence-corrected chi connectivity index (χ3v) is 5.91. The van der Waals surface area contributed by atoms with Crippen LogP contribution in [0, 0.1) is 0 Å². The molecule has 1 unspecified atom stereocenters. The fraction of sp³-hybridized carbons (Fsp3) is 0.273.